The Morgan fingerprint density at radius 3 is 2.70 bits per heavy atom. The highest BCUT2D eigenvalue weighted by Gasteiger charge is 2.16. The molecule has 0 atom stereocenters. The Bertz CT molecular complexity index is 711. The van der Waals surface area contributed by atoms with Crippen LogP contribution < -0.4 is 4.72 Å². The highest BCUT2D eigenvalue weighted by Crippen LogP contribution is 2.19. The fraction of sp³-hybridized carbons (Fsp3) is 0.308. The lowest BCUT2D eigenvalue weighted by atomic mass is 10.2. The molecule has 0 saturated carbocycles. The normalized spacial score (nSPS) is 11.8. The highest BCUT2D eigenvalue weighted by molar-refractivity contribution is 7.89. The van der Waals surface area contributed by atoms with Crippen LogP contribution in [0.1, 0.15) is 16.3 Å². The van der Waals surface area contributed by atoms with Crippen LogP contribution in [0.2, 0.25) is 5.02 Å². The summed E-state index contributed by atoms with van der Waals surface area (Å²) in [7, 11) is -3.50. The molecule has 20 heavy (non-hydrogen) atoms. The van der Waals surface area contributed by atoms with Crippen molar-refractivity contribution >= 4 is 33.0 Å². The topological polar surface area (TPSA) is 59.1 Å². The van der Waals surface area contributed by atoms with Gasteiger partial charge in [0.25, 0.3) is 0 Å². The molecule has 7 heteroatoms. The number of thiazole rings is 1. The minimum absolute atomic E-state index is 0.261. The van der Waals surface area contributed by atoms with Crippen LogP contribution in [0.15, 0.2) is 28.5 Å². The van der Waals surface area contributed by atoms with Crippen LogP contribution in [0.5, 0.6) is 0 Å². The number of halogens is 1. The van der Waals surface area contributed by atoms with Crippen LogP contribution in [-0.4, -0.2) is 19.9 Å². The molecule has 0 saturated heterocycles. The number of rotatable bonds is 5. The quantitative estimate of drug-likeness (QED) is 0.917. The molecule has 1 aromatic heterocycles. The summed E-state index contributed by atoms with van der Waals surface area (Å²) < 4.78 is 27.0. The van der Waals surface area contributed by atoms with E-state index in [1.807, 2.05) is 12.3 Å². The summed E-state index contributed by atoms with van der Waals surface area (Å²) in [5.74, 6) is 0. The van der Waals surface area contributed by atoms with Gasteiger partial charge in [-0.15, -0.1) is 11.3 Å². The summed E-state index contributed by atoms with van der Waals surface area (Å²) >= 11 is 7.39. The van der Waals surface area contributed by atoms with Crippen molar-refractivity contribution in [3.63, 3.8) is 0 Å². The number of hydrogen-bond acceptors (Lipinski definition) is 4. The lowest BCUT2D eigenvalue weighted by Gasteiger charge is -2.09. The number of hydrogen-bond donors (Lipinski definition) is 1. The molecular weight excluding hydrogens is 316 g/mol. The van der Waals surface area contributed by atoms with Crippen molar-refractivity contribution in [3.8, 4) is 0 Å². The van der Waals surface area contributed by atoms with Crippen LogP contribution in [0.4, 0.5) is 0 Å². The first-order valence-corrected chi connectivity index (χ1v) is 8.79. The second-order valence-corrected chi connectivity index (χ2v) is 7.65. The van der Waals surface area contributed by atoms with Crippen LogP contribution in [0, 0.1) is 13.8 Å². The molecule has 0 aliphatic rings. The maximum atomic E-state index is 12.2. The minimum Gasteiger partial charge on any atom is -0.247 e. The van der Waals surface area contributed by atoms with Gasteiger partial charge in [-0.05, 0) is 37.6 Å². The molecule has 0 unspecified atom stereocenters. The van der Waals surface area contributed by atoms with Gasteiger partial charge < -0.3 is 0 Å². The van der Waals surface area contributed by atoms with Gasteiger partial charge in [-0.3, -0.25) is 0 Å². The third kappa shape index (κ3) is 3.79. The Balaban J connectivity index is 2.04. The molecule has 0 fully saturated rings. The first kappa shape index (κ1) is 15.4. The van der Waals surface area contributed by atoms with E-state index in [2.05, 4.69) is 9.71 Å². The zero-order valence-electron chi connectivity index (χ0n) is 11.2. The molecule has 2 rings (SSSR count). The van der Waals surface area contributed by atoms with E-state index in [0.29, 0.717) is 23.6 Å². The van der Waals surface area contributed by atoms with E-state index in [9.17, 15) is 8.42 Å². The van der Waals surface area contributed by atoms with Crippen molar-refractivity contribution in [2.45, 2.75) is 25.2 Å². The number of aromatic nitrogens is 1. The smallest absolute Gasteiger partial charge is 0.240 e. The van der Waals surface area contributed by atoms with Crippen molar-refractivity contribution in [1.82, 2.24) is 9.71 Å². The Morgan fingerprint density at radius 1 is 1.35 bits per heavy atom. The predicted octanol–water partition coefficient (Wildman–Crippen LogP) is 2.93. The van der Waals surface area contributed by atoms with Crippen molar-refractivity contribution in [3.05, 3.63) is 44.9 Å². The summed E-state index contributed by atoms with van der Waals surface area (Å²) in [5, 5.41) is 3.45. The van der Waals surface area contributed by atoms with Crippen molar-refractivity contribution in [2.24, 2.45) is 0 Å². The van der Waals surface area contributed by atoms with E-state index in [-0.39, 0.29) is 4.90 Å². The molecule has 0 aliphatic heterocycles. The molecule has 0 amide bonds. The lowest BCUT2D eigenvalue weighted by Crippen LogP contribution is -2.26. The van der Waals surface area contributed by atoms with Gasteiger partial charge in [0.1, 0.15) is 0 Å². The third-order valence-electron chi connectivity index (χ3n) is 2.77. The Morgan fingerprint density at radius 2 is 2.10 bits per heavy atom. The van der Waals surface area contributed by atoms with Crippen molar-refractivity contribution < 1.29 is 8.42 Å². The summed E-state index contributed by atoms with van der Waals surface area (Å²) in [6.07, 6.45) is 0.580. The molecule has 2 aromatic rings. The summed E-state index contributed by atoms with van der Waals surface area (Å²) in [6, 6.07) is 4.74. The molecule has 1 N–H and O–H groups in total. The van der Waals surface area contributed by atoms with Crippen molar-refractivity contribution in [1.29, 1.82) is 0 Å². The second-order valence-electron chi connectivity index (χ2n) is 4.42. The van der Waals surface area contributed by atoms with E-state index in [1.165, 1.54) is 6.07 Å². The van der Waals surface area contributed by atoms with E-state index in [4.69, 9.17) is 11.6 Å². The average molecular weight is 331 g/mol. The molecule has 0 bridgehead atoms. The molecule has 0 aliphatic carbocycles. The molecule has 1 aromatic carbocycles. The molecule has 0 radical (unpaired) electrons. The highest BCUT2D eigenvalue weighted by atomic mass is 35.5. The van der Waals surface area contributed by atoms with Crippen molar-refractivity contribution in [2.75, 3.05) is 6.54 Å². The van der Waals surface area contributed by atoms with Gasteiger partial charge in [0, 0.05) is 23.4 Å². The number of nitrogens with one attached hydrogen (secondary N) is 1. The van der Waals surface area contributed by atoms with E-state index < -0.39 is 10.0 Å². The molecule has 108 valence electrons. The van der Waals surface area contributed by atoms with Gasteiger partial charge in [0.2, 0.25) is 10.0 Å². The summed E-state index contributed by atoms with van der Waals surface area (Å²) in [4.78, 5) is 4.56. The maximum Gasteiger partial charge on any atom is 0.240 e. The second kappa shape index (κ2) is 6.22. The number of sulfonamides is 1. The average Bonchev–Trinajstić information content (AvgIpc) is 2.74. The van der Waals surface area contributed by atoms with E-state index in [0.717, 1.165) is 10.7 Å². The van der Waals surface area contributed by atoms with E-state index >= 15 is 0 Å². The van der Waals surface area contributed by atoms with Crippen LogP contribution >= 0.6 is 22.9 Å². The van der Waals surface area contributed by atoms with Gasteiger partial charge in [-0.1, -0.05) is 11.6 Å². The van der Waals surface area contributed by atoms with Gasteiger partial charge in [0.05, 0.1) is 15.6 Å². The molecular formula is C13H15ClN2O2S2. The first-order valence-electron chi connectivity index (χ1n) is 6.05. The Hall–Kier alpha value is -0.950. The maximum absolute atomic E-state index is 12.2. The SMILES string of the molecule is Cc1nc(CCNS(=O)(=O)c2ccc(Cl)cc2C)cs1. The van der Waals surface area contributed by atoms with Crippen LogP contribution in [0.3, 0.4) is 0 Å². The summed E-state index contributed by atoms with van der Waals surface area (Å²) in [5.41, 5.74) is 1.54. The Kier molecular flexibility index (Phi) is 4.80. The van der Waals surface area contributed by atoms with Crippen LogP contribution in [0.25, 0.3) is 0 Å². The molecule has 1 heterocycles. The number of benzene rings is 1. The first-order chi connectivity index (χ1) is 9.38. The van der Waals surface area contributed by atoms with E-state index in [1.54, 1.807) is 30.4 Å². The van der Waals surface area contributed by atoms with Gasteiger partial charge in [-0.2, -0.15) is 0 Å². The standard InChI is InChI=1S/C13H15ClN2O2S2/c1-9-7-11(14)3-4-13(9)20(17,18)15-6-5-12-8-19-10(2)16-12/h3-4,7-8,15H,5-6H2,1-2H3. The predicted molar refractivity (Wildman–Crippen MR) is 81.9 cm³/mol. The van der Waals surface area contributed by atoms with Gasteiger partial charge in [-0.25, -0.2) is 18.1 Å². The van der Waals surface area contributed by atoms with Gasteiger partial charge >= 0.3 is 0 Å². The monoisotopic (exact) mass is 330 g/mol. The summed E-state index contributed by atoms with van der Waals surface area (Å²) in [6.45, 7) is 3.98. The third-order valence-corrected chi connectivity index (χ3v) is 5.44. The molecule has 0 spiro atoms. The number of nitrogens with zero attached hydrogens (tertiary/aromatic N) is 1. The zero-order chi connectivity index (χ0) is 14.8. The number of aryl methyl sites for hydroxylation is 2. The lowest BCUT2D eigenvalue weighted by molar-refractivity contribution is 0.581. The van der Waals surface area contributed by atoms with Crippen LogP contribution in [-0.2, 0) is 16.4 Å². The van der Waals surface area contributed by atoms with Gasteiger partial charge in [0.15, 0.2) is 0 Å². The fourth-order valence-corrected chi connectivity index (χ4v) is 3.96. The largest absolute Gasteiger partial charge is 0.247 e. The zero-order valence-corrected chi connectivity index (χ0v) is 13.6. The molecule has 4 nitrogen and oxygen atoms in total. The fourth-order valence-electron chi connectivity index (χ4n) is 1.83. The minimum atomic E-state index is -3.50. The Labute approximate surface area is 127 Å².